The van der Waals surface area contributed by atoms with Gasteiger partial charge in [0.2, 0.25) is 0 Å². The van der Waals surface area contributed by atoms with E-state index in [1.54, 1.807) is 37.3 Å². The zero-order chi connectivity index (χ0) is 20.8. The van der Waals surface area contributed by atoms with E-state index >= 15 is 0 Å². The number of nitrogens with zero attached hydrogens (tertiary/aromatic N) is 2. The molecular weight excluding hydrogens is 372 g/mol. The van der Waals surface area contributed by atoms with Gasteiger partial charge in [0.05, 0.1) is 33.0 Å². The minimum absolute atomic E-state index is 0.0682. The molecule has 162 valence electrons. The van der Waals surface area contributed by atoms with Crippen molar-refractivity contribution in [3.05, 3.63) is 23.8 Å². The Hall–Kier alpha value is -1.83. The Morgan fingerprint density at radius 2 is 2.00 bits per heavy atom. The first-order chi connectivity index (χ1) is 14.0. The maximum atomic E-state index is 12.9. The van der Waals surface area contributed by atoms with Crippen LogP contribution in [0.15, 0.2) is 18.2 Å². The molecule has 1 atom stereocenters. The van der Waals surface area contributed by atoms with Gasteiger partial charge in [-0.3, -0.25) is 4.79 Å². The summed E-state index contributed by atoms with van der Waals surface area (Å²) >= 11 is 0. The summed E-state index contributed by atoms with van der Waals surface area (Å²) in [6.07, 6.45) is 1.99. The lowest BCUT2D eigenvalue weighted by atomic mass is 10.1. The second kappa shape index (κ2) is 10.3. The number of hydrogen-bond acceptors (Lipinski definition) is 6. The number of ether oxygens (including phenoxy) is 4. The van der Waals surface area contributed by atoms with E-state index in [0.717, 1.165) is 25.9 Å². The van der Waals surface area contributed by atoms with Crippen molar-refractivity contribution in [2.24, 2.45) is 0 Å². The van der Waals surface area contributed by atoms with E-state index in [1.807, 2.05) is 0 Å². The van der Waals surface area contributed by atoms with Crippen LogP contribution >= 0.6 is 0 Å². The average Bonchev–Trinajstić information content (AvgIpc) is 2.74. The molecule has 2 fully saturated rings. The predicted octanol–water partition coefficient (Wildman–Crippen LogP) is 2.43. The second-order valence-corrected chi connectivity index (χ2v) is 8.07. The lowest BCUT2D eigenvalue weighted by molar-refractivity contribution is -0.0933. The normalized spacial score (nSPS) is 21.2. The third-order valence-corrected chi connectivity index (χ3v) is 5.62. The van der Waals surface area contributed by atoms with E-state index in [2.05, 4.69) is 18.7 Å². The second-order valence-electron chi connectivity index (χ2n) is 8.07. The van der Waals surface area contributed by atoms with Crippen molar-refractivity contribution in [2.75, 3.05) is 53.6 Å². The van der Waals surface area contributed by atoms with Crippen LogP contribution in [0.4, 0.5) is 0 Å². The minimum Gasteiger partial charge on any atom is -0.493 e. The van der Waals surface area contributed by atoms with Gasteiger partial charge in [-0.2, -0.15) is 0 Å². The average molecular weight is 407 g/mol. The molecule has 0 unspecified atom stereocenters. The van der Waals surface area contributed by atoms with Crippen molar-refractivity contribution in [3.63, 3.8) is 0 Å². The zero-order valence-corrected chi connectivity index (χ0v) is 18.1. The first-order valence-corrected chi connectivity index (χ1v) is 10.5. The van der Waals surface area contributed by atoms with Crippen LogP contribution in [0.3, 0.4) is 0 Å². The first kappa shape index (κ1) is 21.9. The molecule has 2 aliphatic heterocycles. The van der Waals surface area contributed by atoms with E-state index in [0.29, 0.717) is 49.5 Å². The molecule has 0 radical (unpaired) electrons. The topological polar surface area (TPSA) is 60.5 Å². The maximum Gasteiger partial charge on any atom is 0.253 e. The molecule has 2 saturated heterocycles. The summed E-state index contributed by atoms with van der Waals surface area (Å²) in [5, 5.41) is 0. The Balaban J connectivity index is 1.64. The van der Waals surface area contributed by atoms with Crippen molar-refractivity contribution in [2.45, 2.75) is 44.9 Å². The van der Waals surface area contributed by atoms with Crippen molar-refractivity contribution in [3.8, 4) is 11.5 Å². The molecule has 3 rings (SSSR count). The van der Waals surface area contributed by atoms with Gasteiger partial charge < -0.3 is 28.7 Å². The number of rotatable bonds is 7. The van der Waals surface area contributed by atoms with E-state index in [1.165, 1.54) is 0 Å². The Morgan fingerprint density at radius 1 is 1.24 bits per heavy atom. The molecule has 1 aromatic rings. The van der Waals surface area contributed by atoms with Crippen LogP contribution in [-0.2, 0) is 9.47 Å². The molecule has 0 bridgehead atoms. The fourth-order valence-electron chi connectivity index (χ4n) is 3.84. The van der Waals surface area contributed by atoms with Crippen molar-refractivity contribution in [1.29, 1.82) is 0 Å². The molecular formula is C22H34N2O5. The van der Waals surface area contributed by atoms with Crippen molar-refractivity contribution in [1.82, 2.24) is 9.80 Å². The Bertz CT molecular complexity index is 667. The molecule has 0 aromatic heterocycles. The summed E-state index contributed by atoms with van der Waals surface area (Å²) in [4.78, 5) is 17.0. The van der Waals surface area contributed by atoms with Gasteiger partial charge in [0.25, 0.3) is 5.91 Å². The summed E-state index contributed by atoms with van der Waals surface area (Å²) in [5.74, 6) is 1.22. The smallest absolute Gasteiger partial charge is 0.253 e. The quantitative estimate of drug-likeness (QED) is 0.693. The van der Waals surface area contributed by atoms with Crippen LogP contribution in [0, 0.1) is 0 Å². The third-order valence-electron chi connectivity index (χ3n) is 5.62. The summed E-state index contributed by atoms with van der Waals surface area (Å²) in [7, 11) is 3.41. The number of hydrogen-bond donors (Lipinski definition) is 0. The number of carbonyl (C=O) groups is 1. The monoisotopic (exact) mass is 406 g/mol. The maximum absolute atomic E-state index is 12.9. The van der Waals surface area contributed by atoms with E-state index in [4.69, 9.17) is 18.9 Å². The van der Waals surface area contributed by atoms with E-state index in [9.17, 15) is 4.79 Å². The first-order valence-electron chi connectivity index (χ1n) is 10.5. The molecule has 2 aliphatic rings. The number of amides is 1. The van der Waals surface area contributed by atoms with Crippen LogP contribution < -0.4 is 9.47 Å². The van der Waals surface area contributed by atoms with Gasteiger partial charge in [-0.1, -0.05) is 0 Å². The SMILES string of the molecule is COc1ccc(C(=O)N(C)C[C@@H]2COCCO2)cc1OC1CCN(C(C)C)CC1. The number of piperidine rings is 1. The van der Waals surface area contributed by atoms with Crippen LogP contribution in [-0.4, -0.2) is 87.6 Å². The molecule has 0 aliphatic carbocycles. The summed E-state index contributed by atoms with van der Waals surface area (Å²) in [6, 6.07) is 5.94. The standard InChI is InChI=1S/C22H34N2O5/c1-16(2)24-9-7-18(8-10-24)29-21-13-17(5-6-20(21)26-4)22(25)23(3)14-19-15-27-11-12-28-19/h5-6,13,16,18-19H,7-12,14-15H2,1-4H3/t19-/m1/s1. The fourth-order valence-corrected chi connectivity index (χ4v) is 3.84. The lowest BCUT2D eigenvalue weighted by Gasteiger charge is -2.34. The lowest BCUT2D eigenvalue weighted by Crippen LogP contribution is -2.42. The molecule has 0 spiro atoms. The van der Waals surface area contributed by atoms with Gasteiger partial charge in [-0.05, 0) is 44.9 Å². The molecule has 29 heavy (non-hydrogen) atoms. The molecule has 7 heteroatoms. The fraction of sp³-hybridized carbons (Fsp3) is 0.682. The van der Waals surface area contributed by atoms with Crippen LogP contribution in [0.1, 0.15) is 37.0 Å². The highest BCUT2D eigenvalue weighted by molar-refractivity contribution is 5.94. The van der Waals surface area contributed by atoms with Crippen LogP contribution in [0.25, 0.3) is 0 Å². The molecule has 0 N–H and O–H groups in total. The molecule has 1 amide bonds. The number of carbonyl (C=O) groups excluding carboxylic acids is 1. The Kier molecular flexibility index (Phi) is 7.75. The van der Waals surface area contributed by atoms with Gasteiger partial charge in [-0.25, -0.2) is 0 Å². The Morgan fingerprint density at radius 3 is 2.62 bits per heavy atom. The van der Waals surface area contributed by atoms with E-state index in [-0.39, 0.29) is 18.1 Å². The molecule has 2 heterocycles. The van der Waals surface area contributed by atoms with Crippen molar-refractivity contribution < 1.29 is 23.7 Å². The summed E-state index contributed by atoms with van der Waals surface area (Å²) in [5.41, 5.74) is 0.583. The summed E-state index contributed by atoms with van der Waals surface area (Å²) < 4.78 is 22.8. The number of likely N-dealkylation sites (N-methyl/N-ethyl adjacent to an activating group) is 1. The highest BCUT2D eigenvalue weighted by atomic mass is 16.6. The van der Waals surface area contributed by atoms with Crippen LogP contribution in [0.5, 0.6) is 11.5 Å². The van der Waals surface area contributed by atoms with Gasteiger partial charge in [0.1, 0.15) is 6.10 Å². The van der Waals surface area contributed by atoms with Crippen molar-refractivity contribution >= 4 is 5.91 Å². The molecule has 1 aromatic carbocycles. The number of methoxy groups -OCH3 is 1. The largest absolute Gasteiger partial charge is 0.493 e. The zero-order valence-electron chi connectivity index (χ0n) is 18.1. The van der Waals surface area contributed by atoms with E-state index < -0.39 is 0 Å². The van der Waals surface area contributed by atoms with Gasteiger partial charge in [0, 0.05) is 38.3 Å². The summed E-state index contributed by atoms with van der Waals surface area (Å²) in [6.45, 7) is 8.69. The number of likely N-dealkylation sites (tertiary alicyclic amines) is 1. The van der Waals surface area contributed by atoms with Gasteiger partial charge >= 0.3 is 0 Å². The molecule has 0 saturated carbocycles. The number of benzene rings is 1. The highest BCUT2D eigenvalue weighted by Crippen LogP contribution is 2.31. The predicted molar refractivity (Wildman–Crippen MR) is 111 cm³/mol. The molecule has 7 nitrogen and oxygen atoms in total. The van der Waals surface area contributed by atoms with Gasteiger partial charge in [0.15, 0.2) is 11.5 Å². The minimum atomic E-state index is -0.0854. The Labute approximate surface area is 173 Å². The van der Waals surface area contributed by atoms with Crippen LogP contribution in [0.2, 0.25) is 0 Å². The third kappa shape index (κ3) is 5.84. The van der Waals surface area contributed by atoms with Gasteiger partial charge in [-0.15, -0.1) is 0 Å². The highest BCUT2D eigenvalue weighted by Gasteiger charge is 2.25.